The summed E-state index contributed by atoms with van der Waals surface area (Å²) in [6.07, 6.45) is 3.60. The number of aromatic nitrogens is 1. The van der Waals surface area contributed by atoms with Crippen LogP contribution in [-0.4, -0.2) is 44.0 Å². The minimum absolute atomic E-state index is 0.0574. The van der Waals surface area contributed by atoms with Gasteiger partial charge in [-0.2, -0.15) is 0 Å². The Morgan fingerprint density at radius 3 is 2.85 bits per heavy atom. The average Bonchev–Trinajstić information content (AvgIpc) is 2.77. The van der Waals surface area contributed by atoms with Gasteiger partial charge in [-0.05, 0) is 19.3 Å². The molecule has 1 aliphatic carbocycles. The first-order valence-electron chi connectivity index (χ1n) is 6.69. The Kier molecular flexibility index (Phi) is 2.21. The number of carbonyl (C=O) groups excluding carboxylic acids is 1. The largest absolute Gasteiger partial charge is 0.503 e. The molecule has 1 aromatic rings. The Morgan fingerprint density at radius 1 is 1.25 bits per heavy atom. The van der Waals surface area contributed by atoms with E-state index in [0.717, 1.165) is 19.3 Å². The first kappa shape index (κ1) is 11.8. The maximum Gasteiger partial charge on any atom is 0.276 e. The molecule has 1 amide bonds. The normalized spacial score (nSPS) is 31.1. The van der Waals surface area contributed by atoms with Crippen molar-refractivity contribution in [2.45, 2.75) is 44.2 Å². The van der Waals surface area contributed by atoms with E-state index in [4.69, 9.17) is 4.74 Å². The molecular weight excluding hydrogens is 264 g/mol. The number of carbonyl (C=O) groups is 1. The highest BCUT2D eigenvalue weighted by Crippen LogP contribution is 2.38. The summed E-state index contributed by atoms with van der Waals surface area (Å²) >= 11 is 0. The van der Waals surface area contributed by atoms with E-state index in [9.17, 15) is 19.8 Å². The van der Waals surface area contributed by atoms with E-state index in [1.165, 1.54) is 10.8 Å². The first-order chi connectivity index (χ1) is 9.56. The van der Waals surface area contributed by atoms with Crippen LogP contribution in [0.2, 0.25) is 0 Å². The predicted octanol–water partition coefficient (Wildman–Crippen LogP) is -0.00730. The highest BCUT2D eigenvalue weighted by atomic mass is 16.5. The fraction of sp³-hybridized carbons (Fsp3) is 0.538. The first-order valence-corrected chi connectivity index (χ1v) is 6.69. The number of pyridine rings is 1. The molecule has 2 aliphatic heterocycles. The summed E-state index contributed by atoms with van der Waals surface area (Å²) in [5.41, 5.74) is -0.969. The molecule has 4 rings (SSSR count). The second-order valence-corrected chi connectivity index (χ2v) is 5.59. The van der Waals surface area contributed by atoms with Crippen LogP contribution in [0.1, 0.15) is 29.8 Å². The van der Waals surface area contributed by atoms with Crippen molar-refractivity contribution < 1.29 is 19.7 Å². The maximum atomic E-state index is 12.6. The molecule has 2 N–H and O–H groups in total. The van der Waals surface area contributed by atoms with Crippen molar-refractivity contribution in [2.24, 2.45) is 0 Å². The summed E-state index contributed by atoms with van der Waals surface area (Å²) in [6.45, 7) is 0.315. The zero-order valence-electron chi connectivity index (χ0n) is 10.7. The number of rotatable bonds is 0. The Morgan fingerprint density at radius 2 is 2.05 bits per heavy atom. The van der Waals surface area contributed by atoms with Gasteiger partial charge < -0.3 is 24.4 Å². The second kappa shape index (κ2) is 3.76. The van der Waals surface area contributed by atoms with Crippen molar-refractivity contribution in [2.75, 3.05) is 0 Å². The van der Waals surface area contributed by atoms with Crippen LogP contribution in [0.5, 0.6) is 11.5 Å². The molecule has 1 saturated heterocycles. The van der Waals surface area contributed by atoms with Gasteiger partial charge in [0.25, 0.3) is 11.3 Å². The molecule has 3 heterocycles. The summed E-state index contributed by atoms with van der Waals surface area (Å²) in [7, 11) is 0. The van der Waals surface area contributed by atoms with Gasteiger partial charge in [0.15, 0.2) is 23.4 Å². The lowest BCUT2D eigenvalue weighted by atomic mass is 10.1. The molecular formula is C13H14N2O5. The van der Waals surface area contributed by atoms with Crippen LogP contribution >= 0.6 is 0 Å². The van der Waals surface area contributed by atoms with Crippen LogP contribution < -0.4 is 5.43 Å². The molecule has 0 radical (unpaired) electrons. The van der Waals surface area contributed by atoms with Crippen molar-refractivity contribution in [1.82, 2.24) is 9.47 Å². The van der Waals surface area contributed by atoms with E-state index in [1.807, 2.05) is 0 Å². The Bertz CT molecular complexity index is 667. The summed E-state index contributed by atoms with van der Waals surface area (Å²) in [4.78, 5) is 25.8. The van der Waals surface area contributed by atoms with Crippen molar-refractivity contribution in [1.29, 1.82) is 0 Å². The zero-order valence-corrected chi connectivity index (χ0v) is 10.7. The van der Waals surface area contributed by atoms with Gasteiger partial charge in [0, 0.05) is 6.04 Å². The van der Waals surface area contributed by atoms with Gasteiger partial charge in [0.05, 0.1) is 18.8 Å². The van der Waals surface area contributed by atoms with Crippen LogP contribution in [0, 0.1) is 0 Å². The fourth-order valence-electron chi connectivity index (χ4n) is 3.54. The smallest absolute Gasteiger partial charge is 0.276 e. The third-order valence-corrected chi connectivity index (χ3v) is 4.44. The highest BCUT2D eigenvalue weighted by molar-refractivity contribution is 5.96. The van der Waals surface area contributed by atoms with Crippen molar-refractivity contribution in [3.63, 3.8) is 0 Å². The number of nitrogens with zero attached hydrogens (tertiary/aromatic N) is 2. The van der Waals surface area contributed by atoms with Crippen molar-refractivity contribution in [3.8, 4) is 11.5 Å². The molecule has 1 aromatic heterocycles. The molecule has 0 aromatic carbocycles. The van der Waals surface area contributed by atoms with Gasteiger partial charge in [-0.1, -0.05) is 0 Å². The number of hydrogen-bond donors (Lipinski definition) is 2. The van der Waals surface area contributed by atoms with Gasteiger partial charge in [0.1, 0.15) is 0 Å². The molecule has 7 heteroatoms. The molecule has 0 unspecified atom stereocenters. The van der Waals surface area contributed by atoms with E-state index in [1.54, 1.807) is 4.90 Å². The van der Waals surface area contributed by atoms with Crippen molar-refractivity contribution in [3.05, 3.63) is 22.1 Å². The van der Waals surface area contributed by atoms with Crippen LogP contribution in [0.3, 0.4) is 0 Å². The molecule has 3 atom stereocenters. The number of hydrogen-bond acceptors (Lipinski definition) is 5. The molecule has 3 aliphatic rings. The lowest BCUT2D eigenvalue weighted by Gasteiger charge is -2.44. The van der Waals surface area contributed by atoms with E-state index in [0.29, 0.717) is 6.54 Å². The summed E-state index contributed by atoms with van der Waals surface area (Å²) in [5.74, 6) is -1.65. The second-order valence-electron chi connectivity index (χ2n) is 5.59. The number of amides is 1. The third kappa shape index (κ3) is 1.38. The number of ether oxygens (including phenoxy) is 1. The Hall–Kier alpha value is -2.02. The molecule has 106 valence electrons. The highest BCUT2D eigenvalue weighted by Gasteiger charge is 2.47. The number of aromatic hydroxyl groups is 2. The summed E-state index contributed by atoms with van der Waals surface area (Å²) < 4.78 is 7.26. The molecule has 1 saturated carbocycles. The summed E-state index contributed by atoms with van der Waals surface area (Å²) in [5, 5.41) is 19.4. The standard InChI is InChI=1S/C13H14N2O5/c16-8-4-14-5-9-15(6-1-2-7(3-6)20-9)13(19)10(14)12(18)11(8)17/h4,6-7,9,16,18H,1-3,5H2/t6-,7+,9+/m1/s1. The number of fused-ring (bicyclic) bond motifs is 5. The quantitative estimate of drug-likeness (QED) is 0.696. The van der Waals surface area contributed by atoms with Crippen LogP contribution in [0.15, 0.2) is 11.0 Å². The molecule has 2 fully saturated rings. The Balaban J connectivity index is 1.87. The van der Waals surface area contributed by atoms with E-state index in [2.05, 4.69) is 0 Å². The molecule has 7 nitrogen and oxygen atoms in total. The minimum atomic E-state index is -0.912. The molecule has 20 heavy (non-hydrogen) atoms. The third-order valence-electron chi connectivity index (χ3n) is 4.44. The predicted molar refractivity (Wildman–Crippen MR) is 66.5 cm³/mol. The molecule has 0 spiro atoms. The molecule has 2 bridgehead atoms. The Labute approximate surface area is 114 Å². The summed E-state index contributed by atoms with van der Waals surface area (Å²) in [6, 6.07) is 0.114. The maximum absolute atomic E-state index is 12.6. The average molecular weight is 278 g/mol. The van der Waals surface area contributed by atoms with E-state index >= 15 is 0 Å². The topological polar surface area (TPSA) is 92.0 Å². The van der Waals surface area contributed by atoms with Gasteiger partial charge in [-0.3, -0.25) is 9.59 Å². The SMILES string of the molecule is O=C1c2c(O)c(=O)c(O)cn2C[C@@H]2O[C@H]3CC[C@H](C3)N12. The lowest BCUT2D eigenvalue weighted by Crippen LogP contribution is -2.57. The van der Waals surface area contributed by atoms with Gasteiger partial charge in [-0.25, -0.2) is 0 Å². The lowest BCUT2D eigenvalue weighted by molar-refractivity contribution is -0.132. The zero-order chi connectivity index (χ0) is 14.0. The van der Waals surface area contributed by atoms with Crippen LogP contribution in [0.25, 0.3) is 0 Å². The van der Waals surface area contributed by atoms with E-state index in [-0.39, 0.29) is 24.1 Å². The fourth-order valence-corrected chi connectivity index (χ4v) is 3.54. The van der Waals surface area contributed by atoms with E-state index < -0.39 is 22.8 Å². The van der Waals surface area contributed by atoms with Crippen LogP contribution in [-0.2, 0) is 11.3 Å². The van der Waals surface area contributed by atoms with Crippen molar-refractivity contribution >= 4 is 5.91 Å². The van der Waals surface area contributed by atoms with Crippen LogP contribution in [0.4, 0.5) is 0 Å². The van der Waals surface area contributed by atoms with Gasteiger partial charge in [-0.15, -0.1) is 0 Å². The van der Waals surface area contributed by atoms with Gasteiger partial charge >= 0.3 is 0 Å². The monoisotopic (exact) mass is 278 g/mol. The van der Waals surface area contributed by atoms with Gasteiger partial charge in [0.2, 0.25) is 0 Å². The minimum Gasteiger partial charge on any atom is -0.503 e.